The number of nitrogens with zero attached hydrogens (tertiary/aromatic N) is 4. The van der Waals surface area contributed by atoms with Gasteiger partial charge >= 0.3 is 21.1 Å². The quantitative estimate of drug-likeness (QED) is 0.108. The molecule has 7 rings (SSSR count). The smallest absolute Gasteiger partial charge is 0.509 e. The summed E-state index contributed by atoms with van der Waals surface area (Å²) in [6, 6.07) is 35.4. The fraction of sp³-hybridized carbons (Fsp3) is 0.319. The molecular formula is C47H50N4OPt. The van der Waals surface area contributed by atoms with E-state index in [1.165, 1.54) is 44.5 Å². The molecule has 0 spiro atoms. The van der Waals surface area contributed by atoms with E-state index in [9.17, 15) is 0 Å². The van der Waals surface area contributed by atoms with Crippen molar-refractivity contribution < 1.29 is 25.8 Å². The van der Waals surface area contributed by atoms with Crippen molar-refractivity contribution in [3.63, 3.8) is 0 Å². The van der Waals surface area contributed by atoms with Crippen molar-refractivity contribution in [1.82, 2.24) is 19.3 Å². The van der Waals surface area contributed by atoms with E-state index in [1.807, 2.05) is 12.3 Å². The molecule has 0 saturated heterocycles. The number of ether oxygens (including phenoxy) is 1. The van der Waals surface area contributed by atoms with Gasteiger partial charge in [0.25, 0.3) is 0 Å². The van der Waals surface area contributed by atoms with Crippen molar-refractivity contribution in [2.45, 2.75) is 99.3 Å². The Labute approximate surface area is 329 Å². The molecule has 4 aromatic carbocycles. The van der Waals surface area contributed by atoms with Gasteiger partial charge in [0.05, 0.1) is 5.69 Å². The van der Waals surface area contributed by atoms with Gasteiger partial charge in [0.2, 0.25) is 0 Å². The van der Waals surface area contributed by atoms with Crippen LogP contribution < -0.4 is 4.74 Å². The molecule has 3 aromatic heterocycles. The average molecular weight is 882 g/mol. The number of fused-ring (bicyclic) bond motifs is 3. The summed E-state index contributed by atoms with van der Waals surface area (Å²) >= 11 is 0. The standard InChI is InChI=1S/C47H50N4O.Pt/c1-8-13-17-32-24-25-48-45(26-32)50-43-21-15-14-20-39(43)40-23-22-37(30-44(40)50)52-38-28-35(31(6)7)27-36(29-38)51-42(12-5)47(41(11-4)49-51)46-33(9-2)18-16-19-34(46)10-3;/h14-16,18-28,31H,8-13,17H2,1-7H3;/q-2;+2. The molecule has 0 aliphatic carbocycles. The number of aryl methyl sites for hydroxylation is 4. The molecule has 0 unspecified atom stereocenters. The van der Waals surface area contributed by atoms with Crippen molar-refractivity contribution in [2.24, 2.45) is 0 Å². The third kappa shape index (κ3) is 7.38. The van der Waals surface area contributed by atoms with Gasteiger partial charge in [-0.15, -0.1) is 41.3 Å². The number of benzene rings is 4. The van der Waals surface area contributed by atoms with Crippen LogP contribution in [0, 0.1) is 12.1 Å². The summed E-state index contributed by atoms with van der Waals surface area (Å²) in [6.45, 7) is 15.6. The molecule has 3 heterocycles. The van der Waals surface area contributed by atoms with E-state index in [0.717, 1.165) is 78.6 Å². The number of rotatable bonds is 13. The molecule has 5 nitrogen and oxygen atoms in total. The molecular weight excluding hydrogens is 832 g/mol. The van der Waals surface area contributed by atoms with Crippen LogP contribution in [0.2, 0.25) is 0 Å². The van der Waals surface area contributed by atoms with Crippen LogP contribution in [0.4, 0.5) is 0 Å². The van der Waals surface area contributed by atoms with Crippen molar-refractivity contribution >= 4 is 21.8 Å². The number of pyridine rings is 1. The molecule has 0 saturated carbocycles. The van der Waals surface area contributed by atoms with Gasteiger partial charge in [-0.2, -0.15) is 11.2 Å². The third-order valence-corrected chi connectivity index (χ3v) is 10.4. The van der Waals surface area contributed by atoms with Crippen molar-refractivity contribution in [2.75, 3.05) is 0 Å². The van der Waals surface area contributed by atoms with Gasteiger partial charge in [0.1, 0.15) is 5.82 Å². The minimum Gasteiger partial charge on any atom is -0.509 e. The van der Waals surface area contributed by atoms with Crippen LogP contribution in [0.1, 0.15) is 101 Å². The summed E-state index contributed by atoms with van der Waals surface area (Å²) < 4.78 is 11.1. The maximum Gasteiger partial charge on any atom is 2.00 e. The number of unbranched alkanes of at least 4 members (excludes halogenated alkanes) is 1. The first kappa shape index (κ1) is 38.3. The first-order valence-electron chi connectivity index (χ1n) is 19.3. The van der Waals surface area contributed by atoms with Crippen LogP contribution in [0.15, 0.2) is 85.1 Å². The predicted molar refractivity (Wildman–Crippen MR) is 216 cm³/mol. The van der Waals surface area contributed by atoms with Crippen LogP contribution in [0.5, 0.6) is 11.5 Å². The summed E-state index contributed by atoms with van der Waals surface area (Å²) in [6.07, 6.45) is 8.93. The Kier molecular flexibility index (Phi) is 12.0. The molecule has 0 aliphatic rings. The number of aromatic nitrogens is 4. The second kappa shape index (κ2) is 16.7. The fourth-order valence-electron chi connectivity index (χ4n) is 7.59. The van der Waals surface area contributed by atoms with Crippen molar-refractivity contribution in [3.05, 3.63) is 131 Å². The van der Waals surface area contributed by atoms with Crippen LogP contribution >= 0.6 is 0 Å². The number of para-hydroxylation sites is 1. The zero-order valence-electron chi connectivity index (χ0n) is 32.1. The Balaban J connectivity index is 0.00000481. The Morgan fingerprint density at radius 2 is 1.51 bits per heavy atom. The molecule has 0 amide bonds. The van der Waals surface area contributed by atoms with Gasteiger partial charge in [-0.1, -0.05) is 96.8 Å². The Morgan fingerprint density at radius 3 is 2.21 bits per heavy atom. The third-order valence-electron chi connectivity index (χ3n) is 10.4. The zero-order valence-corrected chi connectivity index (χ0v) is 34.4. The van der Waals surface area contributed by atoms with Gasteiger partial charge in [-0.3, -0.25) is 4.68 Å². The topological polar surface area (TPSA) is 44.9 Å². The minimum atomic E-state index is 0. The van der Waals surface area contributed by atoms with E-state index in [1.54, 1.807) is 0 Å². The van der Waals surface area contributed by atoms with E-state index < -0.39 is 0 Å². The summed E-state index contributed by atoms with van der Waals surface area (Å²) in [5.74, 6) is 2.47. The first-order valence-corrected chi connectivity index (χ1v) is 19.3. The SMILES string of the molecule is CCCCc1ccnc(-n2c3[c-]c(Oc4[c-]c(-n5nc(CC)c(-c6c(CC)cccc6CC)c5CC)cc(C(C)C)c4)ccc3c3ccccc32)c1.[Pt+2]. The van der Waals surface area contributed by atoms with E-state index >= 15 is 0 Å². The second-order valence-corrected chi connectivity index (χ2v) is 14.0. The molecule has 7 aromatic rings. The molecule has 0 aliphatic heterocycles. The van der Waals surface area contributed by atoms with Crippen LogP contribution in [0.25, 0.3) is 44.4 Å². The summed E-state index contributed by atoms with van der Waals surface area (Å²) in [7, 11) is 0. The Hall–Kier alpha value is -4.47. The first-order chi connectivity index (χ1) is 25.4. The van der Waals surface area contributed by atoms with E-state index in [4.69, 9.17) is 14.8 Å². The maximum absolute atomic E-state index is 6.71. The zero-order chi connectivity index (χ0) is 36.4. The van der Waals surface area contributed by atoms with Crippen LogP contribution in [0.3, 0.4) is 0 Å². The van der Waals surface area contributed by atoms with Gasteiger partial charge < -0.3 is 9.30 Å². The molecule has 6 heteroatoms. The molecule has 53 heavy (non-hydrogen) atoms. The summed E-state index contributed by atoms with van der Waals surface area (Å²) in [5, 5.41) is 7.58. The fourth-order valence-corrected chi connectivity index (χ4v) is 7.59. The average Bonchev–Trinajstić information content (AvgIpc) is 3.71. The molecule has 0 radical (unpaired) electrons. The largest absolute Gasteiger partial charge is 2.00 e. The van der Waals surface area contributed by atoms with Crippen molar-refractivity contribution in [3.8, 4) is 34.1 Å². The van der Waals surface area contributed by atoms with Crippen molar-refractivity contribution in [1.29, 1.82) is 0 Å². The molecule has 0 fully saturated rings. The summed E-state index contributed by atoms with van der Waals surface area (Å²) in [4.78, 5) is 4.84. The minimum absolute atomic E-state index is 0. The van der Waals surface area contributed by atoms with E-state index in [0.29, 0.717) is 11.5 Å². The van der Waals surface area contributed by atoms with Gasteiger partial charge in [-0.05, 0) is 96.0 Å². The molecule has 0 N–H and O–H groups in total. The van der Waals surface area contributed by atoms with E-state index in [2.05, 4.69) is 143 Å². The van der Waals surface area contributed by atoms with E-state index in [-0.39, 0.29) is 27.0 Å². The second-order valence-electron chi connectivity index (χ2n) is 14.0. The molecule has 0 atom stereocenters. The monoisotopic (exact) mass is 881 g/mol. The van der Waals surface area contributed by atoms with Gasteiger partial charge in [-0.25, -0.2) is 4.98 Å². The van der Waals surface area contributed by atoms with Crippen LogP contribution in [-0.2, 0) is 53.2 Å². The molecule has 0 bridgehead atoms. The Bertz CT molecular complexity index is 2340. The maximum atomic E-state index is 6.71. The number of hydrogen-bond acceptors (Lipinski definition) is 3. The summed E-state index contributed by atoms with van der Waals surface area (Å²) in [5.41, 5.74) is 13.1. The van der Waals surface area contributed by atoms with Gasteiger partial charge in [0.15, 0.2) is 0 Å². The number of hydrogen-bond donors (Lipinski definition) is 0. The Morgan fingerprint density at radius 1 is 0.736 bits per heavy atom. The van der Waals surface area contributed by atoms with Gasteiger partial charge in [0, 0.05) is 34.5 Å². The predicted octanol–water partition coefficient (Wildman–Crippen LogP) is 12.1. The molecule has 274 valence electrons. The normalized spacial score (nSPS) is 11.5. The van der Waals surface area contributed by atoms with Crippen LogP contribution in [-0.4, -0.2) is 19.3 Å².